The summed E-state index contributed by atoms with van der Waals surface area (Å²) in [5.74, 6) is 1.91. The molecule has 1 aliphatic rings. The standard InChI is InChI=1S/C27H18N6O2.Pt/c1-17-11-13-32(30-17)23-15-34-25(28-23)27(26-29-24(16-35-26)33-14-12-18(2)31-33)21-9-5-3-7-19(21)20-8-4-6-10-22(20)27;/h3-12,15-16H,1-2H3;/q-2;+2. The van der Waals surface area contributed by atoms with Crippen LogP contribution in [0.5, 0.6) is 0 Å². The zero-order valence-electron chi connectivity index (χ0n) is 19.2. The van der Waals surface area contributed by atoms with Crippen molar-refractivity contribution in [2.75, 3.05) is 0 Å². The molecule has 0 unspecified atom stereocenters. The number of hydrogen-bond acceptors (Lipinski definition) is 6. The quantitative estimate of drug-likeness (QED) is 0.258. The third-order valence-corrected chi connectivity index (χ3v) is 6.32. The molecule has 0 radical (unpaired) electrons. The summed E-state index contributed by atoms with van der Waals surface area (Å²) in [7, 11) is 0. The summed E-state index contributed by atoms with van der Waals surface area (Å²) < 4.78 is 15.5. The van der Waals surface area contributed by atoms with Gasteiger partial charge in [0.05, 0.1) is 24.2 Å². The fraction of sp³-hybridized carbons (Fsp3) is 0.111. The van der Waals surface area contributed by atoms with Crippen molar-refractivity contribution >= 4 is 0 Å². The summed E-state index contributed by atoms with van der Waals surface area (Å²) in [5.41, 5.74) is 4.77. The first-order valence-electron chi connectivity index (χ1n) is 11.2. The van der Waals surface area contributed by atoms with Crippen LogP contribution in [-0.2, 0) is 26.5 Å². The van der Waals surface area contributed by atoms with Crippen LogP contribution in [0.1, 0.15) is 34.3 Å². The van der Waals surface area contributed by atoms with Crippen molar-refractivity contribution in [1.29, 1.82) is 0 Å². The van der Waals surface area contributed by atoms with Crippen molar-refractivity contribution < 1.29 is 29.9 Å². The van der Waals surface area contributed by atoms with Crippen molar-refractivity contribution in [2.45, 2.75) is 19.3 Å². The molecule has 0 N–H and O–H groups in total. The Morgan fingerprint density at radius 2 is 1.14 bits per heavy atom. The molecule has 0 saturated carbocycles. The van der Waals surface area contributed by atoms with E-state index in [1.165, 1.54) is 0 Å². The molecule has 6 aromatic rings. The van der Waals surface area contributed by atoms with E-state index in [2.05, 4.69) is 46.9 Å². The second-order valence-electron chi connectivity index (χ2n) is 8.52. The summed E-state index contributed by atoms with van der Waals surface area (Å²) in [6, 6.07) is 20.0. The van der Waals surface area contributed by atoms with E-state index in [0.717, 1.165) is 33.6 Å². The molecule has 4 heterocycles. The van der Waals surface area contributed by atoms with E-state index in [0.29, 0.717) is 23.4 Å². The maximum Gasteiger partial charge on any atom is 2.00 e. The van der Waals surface area contributed by atoms with Crippen LogP contribution < -0.4 is 0 Å². The topological polar surface area (TPSA) is 87.7 Å². The summed E-state index contributed by atoms with van der Waals surface area (Å²) in [6.45, 7) is 3.81. The maximum atomic E-state index is 6.18. The minimum absolute atomic E-state index is 0. The first kappa shape index (κ1) is 22.4. The van der Waals surface area contributed by atoms with Gasteiger partial charge in [0, 0.05) is 0 Å². The summed E-state index contributed by atoms with van der Waals surface area (Å²) in [6.07, 6.45) is 9.31. The Balaban J connectivity index is 0.00000240. The minimum atomic E-state index is -1.01. The van der Waals surface area contributed by atoms with E-state index in [4.69, 9.17) is 18.8 Å². The normalized spacial score (nSPS) is 13.3. The van der Waals surface area contributed by atoms with E-state index in [1.807, 2.05) is 38.1 Å². The SMILES string of the molecule is Cc1c[c-]n(-c2coc(C3(c4nc(-n5[c-]cc(C)n5)co4)c4ccccc4-c4ccccc43)n2)n1.[Pt+2]. The average molecular weight is 654 g/mol. The Morgan fingerprint density at radius 3 is 1.56 bits per heavy atom. The molecule has 8 nitrogen and oxygen atoms in total. The van der Waals surface area contributed by atoms with Gasteiger partial charge in [-0.15, -0.1) is 12.1 Å². The molecule has 0 fully saturated rings. The van der Waals surface area contributed by atoms with Crippen LogP contribution in [0.3, 0.4) is 0 Å². The van der Waals surface area contributed by atoms with Crippen molar-refractivity contribution in [3.8, 4) is 22.8 Å². The second kappa shape index (κ2) is 8.28. The first-order valence-corrected chi connectivity index (χ1v) is 11.2. The predicted octanol–water partition coefficient (Wildman–Crippen LogP) is 4.61. The Morgan fingerprint density at radius 1 is 0.694 bits per heavy atom. The van der Waals surface area contributed by atoms with E-state index < -0.39 is 5.41 Å². The van der Waals surface area contributed by atoms with Gasteiger partial charge in [0.1, 0.15) is 0 Å². The fourth-order valence-corrected chi connectivity index (χ4v) is 4.83. The summed E-state index contributed by atoms with van der Waals surface area (Å²) in [4.78, 5) is 9.76. The van der Waals surface area contributed by atoms with Crippen molar-refractivity contribution in [3.63, 3.8) is 0 Å². The molecule has 1 aliphatic carbocycles. The van der Waals surface area contributed by atoms with Gasteiger partial charge in [-0.25, -0.2) is 0 Å². The molecule has 9 heteroatoms. The zero-order chi connectivity index (χ0) is 23.6. The van der Waals surface area contributed by atoms with Gasteiger partial charge >= 0.3 is 21.1 Å². The molecule has 2 aromatic carbocycles. The summed E-state index contributed by atoms with van der Waals surface area (Å²) in [5, 5.41) is 8.87. The van der Waals surface area contributed by atoms with Crippen LogP contribution >= 0.6 is 0 Å². The third-order valence-electron chi connectivity index (χ3n) is 6.32. The Hall–Kier alpha value is -4.03. The van der Waals surface area contributed by atoms with Gasteiger partial charge in [-0.1, -0.05) is 74.8 Å². The molecular formula is C27H18N6O2Pt. The van der Waals surface area contributed by atoms with Crippen LogP contribution in [0.2, 0.25) is 0 Å². The third kappa shape index (κ3) is 3.11. The van der Waals surface area contributed by atoms with E-state index in [9.17, 15) is 0 Å². The van der Waals surface area contributed by atoms with E-state index in [1.54, 1.807) is 34.0 Å². The molecule has 0 bridgehead atoms. The van der Waals surface area contributed by atoms with Gasteiger partial charge in [-0.05, 0) is 33.6 Å². The Labute approximate surface area is 220 Å². The van der Waals surface area contributed by atoms with Crippen molar-refractivity contribution in [2.24, 2.45) is 0 Å². The molecule has 0 aliphatic heterocycles. The molecule has 0 saturated heterocycles. The van der Waals surface area contributed by atoms with E-state index >= 15 is 0 Å². The number of rotatable bonds is 4. The predicted molar refractivity (Wildman–Crippen MR) is 125 cm³/mol. The molecule has 0 atom stereocenters. The van der Waals surface area contributed by atoms with Gasteiger partial charge in [-0.2, -0.15) is 0 Å². The second-order valence-corrected chi connectivity index (χ2v) is 8.52. The maximum absolute atomic E-state index is 6.18. The van der Waals surface area contributed by atoms with Crippen LogP contribution in [0.25, 0.3) is 22.8 Å². The van der Waals surface area contributed by atoms with Gasteiger partial charge < -0.3 is 18.2 Å². The largest absolute Gasteiger partial charge is 2.00 e. The first-order chi connectivity index (χ1) is 17.1. The monoisotopic (exact) mass is 653 g/mol. The van der Waals surface area contributed by atoms with Crippen LogP contribution in [-0.4, -0.2) is 29.5 Å². The Kier molecular flexibility index (Phi) is 5.16. The van der Waals surface area contributed by atoms with Gasteiger partial charge in [0.25, 0.3) is 0 Å². The number of fused-ring (bicyclic) bond motifs is 3. The number of benzene rings is 2. The minimum Gasteiger partial charge on any atom is -0.459 e. The van der Waals surface area contributed by atoms with Crippen molar-refractivity contribution in [1.82, 2.24) is 29.5 Å². The van der Waals surface area contributed by atoms with Crippen LogP contribution in [0, 0.1) is 26.2 Å². The van der Waals surface area contributed by atoms with Crippen LogP contribution in [0.15, 0.2) is 82.0 Å². The van der Waals surface area contributed by atoms with E-state index in [-0.39, 0.29) is 21.1 Å². The summed E-state index contributed by atoms with van der Waals surface area (Å²) >= 11 is 0. The van der Waals surface area contributed by atoms with Crippen LogP contribution in [0.4, 0.5) is 0 Å². The average Bonchev–Trinajstić information content (AvgIpc) is 3.69. The molecule has 4 aromatic heterocycles. The fourth-order valence-electron chi connectivity index (χ4n) is 4.83. The smallest absolute Gasteiger partial charge is 0.459 e. The molecule has 7 rings (SSSR count). The number of aromatic nitrogens is 6. The number of nitrogens with zero attached hydrogens (tertiary/aromatic N) is 6. The van der Waals surface area contributed by atoms with Gasteiger partial charge in [0.15, 0.2) is 5.41 Å². The van der Waals surface area contributed by atoms with Gasteiger partial charge in [0.2, 0.25) is 11.8 Å². The number of aryl methyl sites for hydroxylation is 2. The molecule has 178 valence electrons. The molecule has 0 amide bonds. The Bertz CT molecular complexity index is 1580. The van der Waals surface area contributed by atoms with Gasteiger partial charge in [-0.3, -0.25) is 20.2 Å². The zero-order valence-corrected chi connectivity index (χ0v) is 21.5. The molecular weight excluding hydrogens is 635 g/mol. The number of oxazole rings is 2. The van der Waals surface area contributed by atoms with Crippen molar-refractivity contribution in [3.05, 3.63) is 120 Å². The molecule has 36 heavy (non-hydrogen) atoms. The molecule has 0 spiro atoms. The number of hydrogen-bond donors (Lipinski definition) is 0.